The van der Waals surface area contributed by atoms with Gasteiger partial charge in [0.05, 0.1) is 14.2 Å². The van der Waals surface area contributed by atoms with E-state index in [2.05, 4.69) is 247 Å². The molecule has 0 aromatic heterocycles. The van der Waals surface area contributed by atoms with Crippen molar-refractivity contribution >= 4 is 58.4 Å². The molecule has 0 fully saturated rings. The second-order valence-electron chi connectivity index (χ2n) is 21.4. The van der Waals surface area contributed by atoms with Gasteiger partial charge in [-0.1, -0.05) is 137 Å². The van der Waals surface area contributed by atoms with Crippen LogP contribution in [0.25, 0.3) is 46.6 Å². The van der Waals surface area contributed by atoms with Gasteiger partial charge in [0.15, 0.2) is 0 Å². The van der Waals surface area contributed by atoms with E-state index in [1.165, 1.54) is 89.0 Å². The highest BCUT2D eigenvalue weighted by molar-refractivity contribution is 5.89. The lowest BCUT2D eigenvalue weighted by Crippen LogP contribution is -2.17. The van der Waals surface area contributed by atoms with Crippen molar-refractivity contribution in [1.29, 1.82) is 0 Å². The van der Waals surface area contributed by atoms with Crippen molar-refractivity contribution in [2.45, 2.75) is 66.2 Å². The molecule has 9 aromatic carbocycles. The topological polar surface area (TPSA) is 24.9 Å². The highest BCUT2D eigenvalue weighted by Crippen LogP contribution is 2.53. The van der Waals surface area contributed by atoms with Gasteiger partial charge in [-0.3, -0.25) is 0 Å². The van der Waals surface area contributed by atoms with Crippen LogP contribution in [-0.4, -0.2) is 14.2 Å². The molecule has 0 atom stereocenters. The fourth-order valence-electron chi connectivity index (χ4n) is 11.6. The summed E-state index contributed by atoms with van der Waals surface area (Å²) in [5.74, 6) is 1.69. The van der Waals surface area contributed by atoms with Crippen molar-refractivity contribution in [1.82, 2.24) is 0 Å². The molecule has 4 nitrogen and oxygen atoms in total. The molecule has 0 radical (unpaired) electrons. The van der Waals surface area contributed by atoms with Crippen LogP contribution in [0.15, 0.2) is 182 Å². The maximum atomic E-state index is 5.52. The monoisotopic (exact) mass is 964 g/mol. The second-order valence-corrected chi connectivity index (χ2v) is 21.4. The normalized spacial score (nSPS) is 13.6. The number of rotatable bonds is 12. The molecule has 74 heavy (non-hydrogen) atoms. The van der Waals surface area contributed by atoms with Gasteiger partial charge in [-0.2, -0.15) is 0 Å². The Hall–Kier alpha value is -8.34. The summed E-state index contributed by atoms with van der Waals surface area (Å²) in [6.07, 6.45) is 8.94. The molecule has 9 aromatic rings. The molecule has 0 amide bonds. The number of benzene rings is 9. The van der Waals surface area contributed by atoms with Crippen LogP contribution >= 0.6 is 0 Å². The average Bonchev–Trinajstić information content (AvgIpc) is 3.77. The van der Waals surface area contributed by atoms with E-state index in [0.717, 1.165) is 45.6 Å². The van der Waals surface area contributed by atoms with Crippen molar-refractivity contribution in [3.63, 3.8) is 0 Å². The number of anilines is 6. The largest absolute Gasteiger partial charge is 0.497 e. The molecular formula is C70H64N2O2. The first-order valence-corrected chi connectivity index (χ1v) is 25.8. The van der Waals surface area contributed by atoms with Gasteiger partial charge in [0.1, 0.15) is 11.5 Å². The van der Waals surface area contributed by atoms with Crippen molar-refractivity contribution < 1.29 is 9.47 Å². The average molecular weight is 965 g/mol. The molecule has 2 aliphatic rings. The fraction of sp³-hybridized carbons (Fsp3) is 0.171. The highest BCUT2D eigenvalue weighted by atomic mass is 16.5. The van der Waals surface area contributed by atoms with Gasteiger partial charge >= 0.3 is 0 Å². The Morgan fingerprint density at radius 1 is 0.297 bits per heavy atom. The van der Waals surface area contributed by atoms with E-state index in [-0.39, 0.29) is 10.8 Å². The molecule has 0 aliphatic heterocycles. The van der Waals surface area contributed by atoms with Crippen LogP contribution in [-0.2, 0) is 10.8 Å². The van der Waals surface area contributed by atoms with Crippen molar-refractivity contribution in [3.8, 4) is 33.8 Å². The molecule has 0 bridgehead atoms. The predicted molar refractivity (Wildman–Crippen MR) is 314 cm³/mol. The second kappa shape index (κ2) is 18.9. The van der Waals surface area contributed by atoms with Gasteiger partial charge < -0.3 is 19.3 Å². The fourth-order valence-corrected chi connectivity index (χ4v) is 11.6. The van der Waals surface area contributed by atoms with E-state index >= 15 is 0 Å². The summed E-state index contributed by atoms with van der Waals surface area (Å²) in [4.78, 5) is 4.73. The van der Waals surface area contributed by atoms with Crippen molar-refractivity contribution in [2.24, 2.45) is 0 Å². The summed E-state index contributed by atoms with van der Waals surface area (Å²) >= 11 is 0. The van der Waals surface area contributed by atoms with E-state index in [4.69, 9.17) is 9.47 Å². The molecule has 11 rings (SSSR count). The van der Waals surface area contributed by atoms with E-state index in [0.29, 0.717) is 0 Å². The maximum absolute atomic E-state index is 5.52. The minimum atomic E-state index is -0.184. The third kappa shape index (κ3) is 8.89. The van der Waals surface area contributed by atoms with Crippen LogP contribution in [0.5, 0.6) is 11.5 Å². The third-order valence-corrected chi connectivity index (χ3v) is 15.3. The number of nitrogens with zero attached hydrogens (tertiary/aromatic N) is 2. The molecule has 0 spiro atoms. The SMILES string of the molecule is COc1ccc(N(c2cc(C)cc(C)c2)c2ccc3c(c2)C(C)(C)c2cc(C=Cc4ccc(C=Cc5ccc6c(c5)C(C)(C)c5cc(N(c7ccc(OC)cc7)c7cc(C)cc(C)c7)ccc5-6)cc4)ccc2-3)cc1. The van der Waals surface area contributed by atoms with Crippen LogP contribution in [0, 0.1) is 27.7 Å². The first kappa shape index (κ1) is 48.0. The first-order chi connectivity index (χ1) is 35.7. The molecule has 0 heterocycles. The smallest absolute Gasteiger partial charge is 0.119 e. The quantitative estimate of drug-likeness (QED) is 0.114. The Bertz CT molecular complexity index is 3390. The van der Waals surface area contributed by atoms with Crippen molar-refractivity contribution in [2.75, 3.05) is 24.0 Å². The lowest BCUT2D eigenvalue weighted by atomic mass is 9.81. The molecule has 2 aliphatic carbocycles. The van der Waals surface area contributed by atoms with Gasteiger partial charge in [0, 0.05) is 45.0 Å². The van der Waals surface area contributed by atoms with Crippen LogP contribution in [0.2, 0.25) is 0 Å². The predicted octanol–water partition coefficient (Wildman–Crippen LogP) is 18.8. The Balaban J connectivity index is 0.802. The summed E-state index contributed by atoms with van der Waals surface area (Å²) in [6.45, 7) is 18.1. The van der Waals surface area contributed by atoms with Crippen LogP contribution in [0.3, 0.4) is 0 Å². The van der Waals surface area contributed by atoms with Gasteiger partial charge in [0.25, 0.3) is 0 Å². The molecule has 0 N–H and O–H groups in total. The van der Waals surface area contributed by atoms with Crippen LogP contribution < -0.4 is 19.3 Å². The van der Waals surface area contributed by atoms with E-state index in [1.807, 2.05) is 24.3 Å². The number of hydrogen-bond donors (Lipinski definition) is 0. The number of aryl methyl sites for hydroxylation is 4. The van der Waals surface area contributed by atoms with Gasteiger partial charge in [-0.15, -0.1) is 0 Å². The summed E-state index contributed by atoms with van der Waals surface area (Å²) < 4.78 is 11.0. The summed E-state index contributed by atoms with van der Waals surface area (Å²) in [7, 11) is 3.43. The molecule has 0 saturated carbocycles. The minimum absolute atomic E-state index is 0.184. The van der Waals surface area contributed by atoms with E-state index < -0.39 is 0 Å². The number of hydrogen-bond acceptors (Lipinski definition) is 4. The lowest BCUT2D eigenvalue weighted by molar-refractivity contribution is 0.414. The zero-order chi connectivity index (χ0) is 51.5. The van der Waals surface area contributed by atoms with Crippen molar-refractivity contribution in [3.05, 3.63) is 249 Å². The van der Waals surface area contributed by atoms with Gasteiger partial charge in [0.2, 0.25) is 0 Å². The Morgan fingerprint density at radius 2 is 0.581 bits per heavy atom. The molecule has 0 saturated heterocycles. The van der Waals surface area contributed by atoms with Gasteiger partial charge in [-0.05, 0) is 214 Å². The molecular weight excluding hydrogens is 901 g/mol. The number of ether oxygens (including phenoxy) is 2. The zero-order valence-electron chi connectivity index (χ0n) is 44.3. The highest BCUT2D eigenvalue weighted by Gasteiger charge is 2.38. The van der Waals surface area contributed by atoms with Crippen LogP contribution in [0.4, 0.5) is 34.1 Å². The maximum Gasteiger partial charge on any atom is 0.119 e. The zero-order valence-corrected chi connectivity index (χ0v) is 44.3. The third-order valence-electron chi connectivity index (χ3n) is 15.3. The Labute approximate surface area is 438 Å². The summed E-state index contributed by atoms with van der Waals surface area (Å²) in [5, 5.41) is 0. The lowest BCUT2D eigenvalue weighted by Gasteiger charge is -2.28. The minimum Gasteiger partial charge on any atom is -0.497 e. The molecule has 4 heteroatoms. The van der Waals surface area contributed by atoms with E-state index in [1.54, 1.807) is 14.2 Å². The number of fused-ring (bicyclic) bond motifs is 6. The van der Waals surface area contributed by atoms with Crippen LogP contribution in [0.1, 0.15) is 94.5 Å². The summed E-state index contributed by atoms with van der Waals surface area (Å²) in [6, 6.07) is 66.9. The Morgan fingerprint density at radius 3 is 0.919 bits per heavy atom. The van der Waals surface area contributed by atoms with E-state index in [9.17, 15) is 0 Å². The van der Waals surface area contributed by atoms with Gasteiger partial charge in [-0.25, -0.2) is 0 Å². The number of methoxy groups -OCH3 is 2. The summed E-state index contributed by atoms with van der Waals surface area (Å²) in [5.41, 5.74) is 26.6. The molecule has 366 valence electrons. The Kier molecular flexibility index (Phi) is 12.3. The first-order valence-electron chi connectivity index (χ1n) is 25.8. The molecule has 0 unspecified atom stereocenters. The standard InChI is InChI=1S/C70H64N2O2/c1-45-35-46(2)38-57(37-45)71(53-21-27-59(73-9)28-22-53)55-25-33-63-61-31-19-51(41-65(61)69(5,6)67(63)43-55)17-15-49-11-13-50(14-12-49)16-18-52-20-32-62-64-34-26-56(44-68(64)70(7,8)66(62)42-52)72(54-23-29-60(74-10)30-24-54)58-39-47(3)36-48(4)40-58/h11-44H,1-10H3.